The maximum atomic E-state index is 13.6. The van der Waals surface area contributed by atoms with Gasteiger partial charge in [0.1, 0.15) is 21.4 Å². The fourth-order valence-electron chi connectivity index (χ4n) is 5.72. The first-order chi connectivity index (χ1) is 22.3. The molecule has 2 atom stereocenters. The van der Waals surface area contributed by atoms with E-state index in [1.165, 1.54) is 22.7 Å². The highest BCUT2D eigenvalue weighted by atomic mass is 32.1. The van der Waals surface area contributed by atoms with E-state index in [1.807, 2.05) is 44.2 Å². The van der Waals surface area contributed by atoms with E-state index in [4.69, 9.17) is 0 Å². The minimum Gasteiger partial charge on any atom is -0.351 e. The number of nitrogens with one attached hydrogen (secondary N) is 3. The molecule has 0 unspecified atom stereocenters. The van der Waals surface area contributed by atoms with Gasteiger partial charge in [0, 0.05) is 23.8 Å². The van der Waals surface area contributed by atoms with Crippen molar-refractivity contribution in [2.75, 3.05) is 39.3 Å². The Morgan fingerprint density at radius 1 is 0.870 bits per heavy atom. The number of benzene rings is 1. The number of amides is 4. The van der Waals surface area contributed by atoms with Gasteiger partial charge in [-0.15, -0.1) is 22.7 Å². The van der Waals surface area contributed by atoms with Crippen LogP contribution in [-0.4, -0.2) is 82.7 Å². The zero-order valence-corrected chi connectivity index (χ0v) is 28.1. The summed E-state index contributed by atoms with van der Waals surface area (Å²) in [5.41, 5.74) is 1.54. The van der Waals surface area contributed by atoms with Crippen molar-refractivity contribution in [1.29, 1.82) is 0 Å². The van der Waals surface area contributed by atoms with E-state index < -0.39 is 12.1 Å². The molecule has 46 heavy (non-hydrogen) atoms. The second kappa shape index (κ2) is 16.2. The molecule has 5 rings (SSSR count). The van der Waals surface area contributed by atoms with E-state index in [9.17, 15) is 19.2 Å². The topological polar surface area (TPSA) is 137 Å². The molecular weight excluding hydrogens is 623 g/mol. The lowest BCUT2D eigenvalue weighted by atomic mass is 10.0. The van der Waals surface area contributed by atoms with Gasteiger partial charge in [-0.3, -0.25) is 24.1 Å². The molecule has 0 aliphatic carbocycles. The third-order valence-corrected chi connectivity index (χ3v) is 10.2. The average Bonchev–Trinajstić information content (AvgIpc) is 3.67. The third kappa shape index (κ3) is 9.20. The number of carbonyl (C=O) groups excluding carboxylic acids is 4. The highest BCUT2D eigenvalue weighted by molar-refractivity contribution is 7.10. The Bertz CT molecular complexity index is 1480. The molecule has 4 bridgehead atoms. The second-order valence-corrected chi connectivity index (χ2v) is 14.0. The molecule has 4 amide bonds. The number of carbonyl (C=O) groups is 4. The molecule has 13 heteroatoms. The number of likely N-dealkylation sites (tertiary alicyclic amines) is 1. The summed E-state index contributed by atoms with van der Waals surface area (Å²) in [6, 6.07) is 8.90. The van der Waals surface area contributed by atoms with Gasteiger partial charge in [-0.05, 0) is 50.3 Å². The second-order valence-electron chi connectivity index (χ2n) is 12.3. The van der Waals surface area contributed by atoms with Crippen LogP contribution in [0.2, 0.25) is 0 Å². The third-order valence-electron chi connectivity index (χ3n) is 8.28. The van der Waals surface area contributed by atoms with Crippen LogP contribution in [0, 0.1) is 5.92 Å². The summed E-state index contributed by atoms with van der Waals surface area (Å²) in [7, 11) is 0. The Morgan fingerprint density at radius 3 is 2.26 bits per heavy atom. The number of aromatic nitrogens is 2. The summed E-state index contributed by atoms with van der Waals surface area (Å²) in [6.07, 6.45) is 5.41. The smallest absolute Gasteiger partial charge is 0.271 e. The van der Waals surface area contributed by atoms with Gasteiger partial charge in [0.15, 0.2) is 0 Å². The summed E-state index contributed by atoms with van der Waals surface area (Å²) < 4.78 is 0. The van der Waals surface area contributed by atoms with Gasteiger partial charge < -0.3 is 20.9 Å². The molecule has 3 N–H and O–H groups in total. The molecule has 4 heterocycles. The molecule has 3 aromatic rings. The lowest BCUT2D eigenvalue weighted by molar-refractivity contribution is -0.137. The summed E-state index contributed by atoms with van der Waals surface area (Å²) >= 11 is 2.65. The first-order valence-corrected chi connectivity index (χ1v) is 17.9. The maximum absolute atomic E-state index is 13.6. The summed E-state index contributed by atoms with van der Waals surface area (Å²) in [5, 5.41) is 13.7. The van der Waals surface area contributed by atoms with E-state index in [2.05, 4.69) is 30.8 Å². The van der Waals surface area contributed by atoms with Crippen molar-refractivity contribution >= 4 is 46.3 Å². The Labute approximate surface area is 278 Å². The minimum atomic E-state index is -0.493. The molecule has 0 spiro atoms. The van der Waals surface area contributed by atoms with E-state index in [1.54, 1.807) is 15.7 Å². The van der Waals surface area contributed by atoms with Crippen LogP contribution >= 0.6 is 22.7 Å². The van der Waals surface area contributed by atoms with Crippen molar-refractivity contribution in [2.24, 2.45) is 5.92 Å². The van der Waals surface area contributed by atoms with Gasteiger partial charge >= 0.3 is 0 Å². The van der Waals surface area contributed by atoms with Crippen molar-refractivity contribution in [2.45, 2.75) is 64.5 Å². The predicted molar refractivity (Wildman–Crippen MR) is 179 cm³/mol. The molecule has 0 radical (unpaired) electrons. The summed E-state index contributed by atoms with van der Waals surface area (Å²) in [4.78, 5) is 66.5. The largest absolute Gasteiger partial charge is 0.351 e. The van der Waals surface area contributed by atoms with Crippen molar-refractivity contribution in [1.82, 2.24) is 35.7 Å². The lowest BCUT2D eigenvalue weighted by Gasteiger charge is -2.27. The van der Waals surface area contributed by atoms with Crippen LogP contribution in [0.1, 0.15) is 94.6 Å². The van der Waals surface area contributed by atoms with Crippen LogP contribution in [0.5, 0.6) is 0 Å². The number of rotatable bonds is 5. The Balaban J connectivity index is 1.42. The van der Waals surface area contributed by atoms with Crippen LogP contribution in [0.15, 0.2) is 41.1 Å². The van der Waals surface area contributed by atoms with Gasteiger partial charge in [0.2, 0.25) is 11.8 Å². The monoisotopic (exact) mass is 665 g/mol. The molecule has 0 saturated carbocycles. The first kappa shape index (κ1) is 33.7. The SMILES string of the molecule is CC(C)[C@@H]1NC(=O)c2csc(n2)[C@H](Cc2ccccc2)NC(=O)CN(C(=O)CN2CCCCCC2)CCCNC(=O)c2csc1n2. The number of hydrogen-bond acceptors (Lipinski definition) is 9. The van der Waals surface area contributed by atoms with Crippen LogP contribution in [0.3, 0.4) is 0 Å². The van der Waals surface area contributed by atoms with E-state index in [0.29, 0.717) is 35.9 Å². The van der Waals surface area contributed by atoms with Crippen LogP contribution < -0.4 is 16.0 Å². The van der Waals surface area contributed by atoms with E-state index in [-0.39, 0.29) is 54.0 Å². The number of fused-ring (bicyclic) bond motifs is 4. The standard InChI is InChI=1S/C33H43N7O4S2/c1-22(2)29-33-37-25(20-46-33)30(43)34-13-10-16-40(28(42)19-39-14-8-3-4-9-15-39)18-27(41)35-24(17-23-11-6-5-7-12-23)32-36-26(21-45-32)31(44)38-29/h5-7,11-12,20-22,24,29H,3-4,8-10,13-19H2,1-2H3,(H,34,43)(H,35,41)(H,38,44)/t24-,29-/m0/s1. The predicted octanol–water partition coefficient (Wildman–Crippen LogP) is 3.96. The molecular formula is C33H43N7O4S2. The van der Waals surface area contributed by atoms with Crippen LogP contribution in [-0.2, 0) is 16.0 Å². The highest BCUT2D eigenvalue weighted by Crippen LogP contribution is 2.27. The van der Waals surface area contributed by atoms with E-state index >= 15 is 0 Å². The Kier molecular flexibility index (Phi) is 11.9. The van der Waals surface area contributed by atoms with E-state index in [0.717, 1.165) is 44.3 Å². The van der Waals surface area contributed by atoms with Gasteiger partial charge in [0.25, 0.3) is 11.8 Å². The van der Waals surface area contributed by atoms with Crippen molar-refractivity contribution < 1.29 is 19.2 Å². The van der Waals surface area contributed by atoms with Crippen molar-refractivity contribution in [3.63, 3.8) is 0 Å². The number of thiazole rings is 2. The van der Waals surface area contributed by atoms with Gasteiger partial charge in [-0.1, -0.05) is 57.0 Å². The minimum absolute atomic E-state index is 0.0150. The Hall–Kier alpha value is -3.68. The van der Waals surface area contributed by atoms with Crippen LogP contribution in [0.25, 0.3) is 0 Å². The normalized spacial score (nSPS) is 20.9. The van der Waals surface area contributed by atoms with Crippen molar-refractivity contribution in [3.8, 4) is 0 Å². The molecule has 11 nitrogen and oxygen atoms in total. The Morgan fingerprint density at radius 2 is 1.54 bits per heavy atom. The summed E-state index contributed by atoms with van der Waals surface area (Å²) in [6.45, 7) is 6.50. The molecule has 246 valence electrons. The van der Waals surface area contributed by atoms with Gasteiger partial charge in [-0.25, -0.2) is 9.97 Å². The lowest BCUT2D eigenvalue weighted by Crippen LogP contribution is -2.47. The first-order valence-electron chi connectivity index (χ1n) is 16.1. The molecule has 2 aliphatic rings. The zero-order chi connectivity index (χ0) is 32.5. The number of nitrogens with zero attached hydrogens (tertiary/aromatic N) is 4. The summed E-state index contributed by atoms with van der Waals surface area (Å²) in [5.74, 6) is -1.06. The molecule has 2 aliphatic heterocycles. The molecule has 1 saturated heterocycles. The highest BCUT2D eigenvalue weighted by Gasteiger charge is 2.28. The average molecular weight is 666 g/mol. The molecule has 1 aromatic carbocycles. The molecule has 1 fully saturated rings. The quantitative estimate of drug-likeness (QED) is 0.375. The fraction of sp³-hybridized carbons (Fsp3) is 0.515. The zero-order valence-electron chi connectivity index (χ0n) is 26.5. The number of hydrogen-bond donors (Lipinski definition) is 3. The van der Waals surface area contributed by atoms with Crippen LogP contribution in [0.4, 0.5) is 0 Å². The van der Waals surface area contributed by atoms with Gasteiger partial charge in [-0.2, -0.15) is 0 Å². The molecule has 2 aromatic heterocycles. The van der Waals surface area contributed by atoms with Crippen molar-refractivity contribution in [3.05, 3.63) is 68.1 Å². The fourth-order valence-corrected chi connectivity index (χ4v) is 7.59. The maximum Gasteiger partial charge on any atom is 0.271 e. The van der Waals surface area contributed by atoms with Gasteiger partial charge in [0.05, 0.1) is 25.2 Å².